The van der Waals surface area contributed by atoms with Crippen molar-refractivity contribution in [1.29, 1.82) is 0 Å². The highest BCUT2D eigenvalue weighted by Gasteiger charge is 2.37. The van der Waals surface area contributed by atoms with Crippen LogP contribution in [0.3, 0.4) is 0 Å². The molecule has 164 valence electrons. The highest BCUT2D eigenvalue weighted by Crippen LogP contribution is 2.38. The summed E-state index contributed by atoms with van der Waals surface area (Å²) in [6.07, 6.45) is -8.78. The van der Waals surface area contributed by atoms with Crippen molar-refractivity contribution >= 4 is 5.91 Å². The van der Waals surface area contributed by atoms with Crippen LogP contribution in [-0.2, 0) is 28.4 Å². The van der Waals surface area contributed by atoms with Gasteiger partial charge in [0.05, 0.1) is 30.9 Å². The number of nitrogens with one attached hydrogen (secondary N) is 1. The lowest BCUT2D eigenvalue weighted by molar-refractivity contribution is -0.143. The molecular weight excluding hydrogens is 420 g/mol. The van der Waals surface area contributed by atoms with Gasteiger partial charge in [-0.15, -0.1) is 0 Å². The average Bonchev–Trinajstić information content (AvgIpc) is 3.15. The maximum Gasteiger partial charge on any atom is 0.416 e. The third-order valence-electron chi connectivity index (χ3n) is 4.24. The predicted octanol–water partition coefficient (Wildman–Crippen LogP) is 2.74. The van der Waals surface area contributed by atoms with Crippen molar-refractivity contribution in [3.63, 3.8) is 0 Å². The second-order valence-corrected chi connectivity index (χ2v) is 6.51. The highest BCUT2D eigenvalue weighted by molar-refractivity contribution is 5.75. The van der Waals surface area contributed by atoms with Crippen molar-refractivity contribution in [3.8, 4) is 11.4 Å². The topological polar surface area (TPSA) is 72.3 Å². The largest absolute Gasteiger partial charge is 0.416 e. The number of nitrogens with zero attached hydrogens (tertiary/aromatic N) is 4. The van der Waals surface area contributed by atoms with Gasteiger partial charge < -0.3 is 4.74 Å². The van der Waals surface area contributed by atoms with E-state index in [1.165, 1.54) is 4.68 Å². The van der Waals surface area contributed by atoms with Gasteiger partial charge in [0.15, 0.2) is 5.82 Å². The third kappa shape index (κ3) is 5.69. The zero-order chi connectivity index (χ0) is 21.9. The Morgan fingerprint density at radius 2 is 1.63 bits per heavy atom. The first-order chi connectivity index (χ1) is 14.0. The zero-order valence-corrected chi connectivity index (χ0v) is 15.4. The minimum absolute atomic E-state index is 0.00342. The van der Waals surface area contributed by atoms with Gasteiger partial charge in [-0.2, -0.15) is 31.4 Å². The molecule has 1 fully saturated rings. The molecule has 7 nitrogen and oxygen atoms in total. The fourth-order valence-electron chi connectivity index (χ4n) is 2.74. The van der Waals surface area contributed by atoms with Gasteiger partial charge in [0.2, 0.25) is 5.91 Å². The van der Waals surface area contributed by atoms with E-state index in [4.69, 9.17) is 4.74 Å². The second-order valence-electron chi connectivity index (χ2n) is 6.51. The number of aryl methyl sites for hydroxylation is 1. The first-order valence-corrected chi connectivity index (χ1v) is 8.84. The Morgan fingerprint density at radius 3 is 2.20 bits per heavy atom. The molecule has 1 saturated heterocycles. The average molecular weight is 437 g/mol. The van der Waals surface area contributed by atoms with Crippen LogP contribution < -0.4 is 5.43 Å². The summed E-state index contributed by atoms with van der Waals surface area (Å²) in [4.78, 5) is 15.8. The Morgan fingerprint density at radius 1 is 1.03 bits per heavy atom. The van der Waals surface area contributed by atoms with Gasteiger partial charge in [-0.05, 0) is 18.2 Å². The van der Waals surface area contributed by atoms with E-state index in [1.807, 2.05) is 0 Å². The lowest BCUT2D eigenvalue weighted by Gasteiger charge is -2.26. The maximum atomic E-state index is 13.0. The molecule has 1 aromatic carbocycles. The van der Waals surface area contributed by atoms with E-state index < -0.39 is 29.0 Å². The number of rotatable bonds is 5. The summed E-state index contributed by atoms with van der Waals surface area (Å²) < 4.78 is 84.3. The Labute approximate surface area is 166 Å². The van der Waals surface area contributed by atoms with Gasteiger partial charge in [-0.1, -0.05) is 0 Å². The quantitative estimate of drug-likeness (QED) is 0.729. The van der Waals surface area contributed by atoms with Gasteiger partial charge in [-0.25, -0.2) is 9.99 Å². The Hall–Kier alpha value is -2.67. The first-order valence-electron chi connectivity index (χ1n) is 8.84. The van der Waals surface area contributed by atoms with E-state index in [2.05, 4.69) is 15.5 Å². The smallest absolute Gasteiger partial charge is 0.379 e. The second kappa shape index (κ2) is 8.60. The molecule has 1 aliphatic heterocycles. The summed E-state index contributed by atoms with van der Waals surface area (Å²) in [5, 5.41) is 5.60. The molecule has 1 amide bonds. The van der Waals surface area contributed by atoms with E-state index in [0.717, 1.165) is 6.33 Å². The number of hydrazine groups is 1. The molecule has 2 aromatic rings. The molecule has 1 aliphatic rings. The van der Waals surface area contributed by atoms with Crippen molar-refractivity contribution in [3.05, 3.63) is 35.7 Å². The monoisotopic (exact) mass is 437 g/mol. The van der Waals surface area contributed by atoms with Crippen LogP contribution in [0.1, 0.15) is 17.5 Å². The number of halogens is 6. The number of benzene rings is 1. The molecule has 0 bridgehead atoms. The van der Waals surface area contributed by atoms with Crippen molar-refractivity contribution in [1.82, 2.24) is 25.2 Å². The van der Waals surface area contributed by atoms with Crippen LogP contribution in [0.15, 0.2) is 24.5 Å². The number of morpholine rings is 1. The highest BCUT2D eigenvalue weighted by atomic mass is 19.4. The third-order valence-corrected chi connectivity index (χ3v) is 4.24. The molecule has 0 radical (unpaired) electrons. The zero-order valence-electron chi connectivity index (χ0n) is 15.4. The number of carbonyl (C=O) groups excluding carboxylic acids is 1. The van der Waals surface area contributed by atoms with Crippen molar-refractivity contribution in [2.45, 2.75) is 25.3 Å². The fourth-order valence-corrected chi connectivity index (χ4v) is 2.74. The number of amides is 1. The van der Waals surface area contributed by atoms with E-state index in [9.17, 15) is 31.1 Å². The fraction of sp³-hybridized carbons (Fsp3) is 0.471. The number of hydrogen-bond donors (Lipinski definition) is 1. The first kappa shape index (κ1) is 22.0. The molecule has 30 heavy (non-hydrogen) atoms. The molecule has 0 aliphatic carbocycles. The summed E-state index contributed by atoms with van der Waals surface area (Å²) in [7, 11) is 0. The molecule has 0 atom stereocenters. The van der Waals surface area contributed by atoms with E-state index in [1.54, 1.807) is 5.01 Å². The summed E-state index contributed by atoms with van der Waals surface area (Å²) in [5.41, 5.74) is -0.645. The molecule has 1 N–H and O–H groups in total. The van der Waals surface area contributed by atoms with Gasteiger partial charge in [0, 0.05) is 25.1 Å². The predicted molar refractivity (Wildman–Crippen MR) is 90.6 cm³/mol. The number of aromatic nitrogens is 3. The lowest BCUT2D eigenvalue weighted by atomic mass is 10.0. The molecule has 0 spiro atoms. The summed E-state index contributed by atoms with van der Waals surface area (Å²) in [5.74, 6) is -0.618. The minimum atomic E-state index is -4.96. The summed E-state index contributed by atoms with van der Waals surface area (Å²) in [6.45, 7) is 2.11. The van der Waals surface area contributed by atoms with E-state index >= 15 is 0 Å². The van der Waals surface area contributed by atoms with Crippen molar-refractivity contribution in [2.75, 3.05) is 26.3 Å². The minimum Gasteiger partial charge on any atom is -0.379 e. The number of hydrogen-bond acceptors (Lipinski definition) is 5. The molecule has 0 unspecified atom stereocenters. The maximum absolute atomic E-state index is 13.0. The SMILES string of the molecule is O=C(CCn1cnc(-c2cc(C(F)(F)F)cc(C(F)(F)F)c2)n1)NN1CCOCC1. The summed E-state index contributed by atoms with van der Waals surface area (Å²) >= 11 is 0. The Kier molecular flexibility index (Phi) is 6.31. The van der Waals surface area contributed by atoms with Gasteiger partial charge in [0.25, 0.3) is 0 Å². The standard InChI is InChI=1S/C17H17F6N5O2/c18-16(19,20)12-7-11(8-13(9-12)17(21,22)23)15-24-10-28(26-15)2-1-14(29)25-27-3-5-30-6-4-27/h7-10H,1-6H2,(H,25,29). The Balaban J connectivity index is 1.71. The summed E-state index contributed by atoms with van der Waals surface area (Å²) in [6, 6.07) is 1.15. The molecule has 2 heterocycles. The molecule has 1 aromatic heterocycles. The molecular formula is C17H17F6N5O2. The number of ether oxygens (including phenoxy) is 1. The van der Waals surface area contributed by atoms with Crippen molar-refractivity contribution < 1.29 is 35.9 Å². The van der Waals surface area contributed by atoms with Crippen LogP contribution in [0.4, 0.5) is 26.3 Å². The van der Waals surface area contributed by atoms with Crippen LogP contribution in [0.25, 0.3) is 11.4 Å². The van der Waals surface area contributed by atoms with Crippen LogP contribution >= 0.6 is 0 Å². The van der Waals surface area contributed by atoms with Gasteiger partial charge in [-0.3, -0.25) is 14.9 Å². The number of carbonyl (C=O) groups is 1. The van der Waals surface area contributed by atoms with Crippen LogP contribution in [0, 0.1) is 0 Å². The number of alkyl halides is 6. The van der Waals surface area contributed by atoms with E-state index in [-0.39, 0.29) is 30.8 Å². The van der Waals surface area contributed by atoms with E-state index in [0.29, 0.717) is 38.4 Å². The van der Waals surface area contributed by atoms with Crippen LogP contribution in [0.2, 0.25) is 0 Å². The van der Waals surface area contributed by atoms with Crippen molar-refractivity contribution in [2.24, 2.45) is 0 Å². The normalized spacial score (nSPS) is 15.9. The van der Waals surface area contributed by atoms with Gasteiger partial charge >= 0.3 is 12.4 Å². The Bertz CT molecular complexity index is 857. The lowest BCUT2D eigenvalue weighted by Crippen LogP contribution is -2.48. The van der Waals surface area contributed by atoms with Crippen LogP contribution in [-0.4, -0.2) is 52.0 Å². The van der Waals surface area contributed by atoms with Gasteiger partial charge in [0.1, 0.15) is 6.33 Å². The van der Waals surface area contributed by atoms with Crippen LogP contribution in [0.5, 0.6) is 0 Å². The molecule has 3 rings (SSSR count). The molecule has 13 heteroatoms. The molecule has 0 saturated carbocycles.